The van der Waals surface area contributed by atoms with Gasteiger partial charge in [-0.05, 0) is 37.6 Å². The quantitative estimate of drug-likeness (QED) is 0.946. The smallest absolute Gasteiger partial charge is 0.262 e. The molecule has 0 aliphatic carbocycles. The molecular formula is C13H13ClN2O2S. The average molecular weight is 297 g/mol. The molecular weight excluding hydrogens is 284 g/mol. The Morgan fingerprint density at radius 1 is 1.21 bits per heavy atom. The van der Waals surface area contributed by atoms with Gasteiger partial charge in [-0.15, -0.1) is 0 Å². The van der Waals surface area contributed by atoms with Crippen LogP contribution in [0.5, 0.6) is 0 Å². The van der Waals surface area contributed by atoms with Crippen LogP contribution in [-0.4, -0.2) is 13.4 Å². The number of hydrogen-bond donors (Lipinski definition) is 1. The minimum atomic E-state index is -3.68. The maximum absolute atomic E-state index is 12.3. The molecule has 0 atom stereocenters. The topological polar surface area (TPSA) is 59.1 Å². The third-order valence-electron chi connectivity index (χ3n) is 2.61. The van der Waals surface area contributed by atoms with Gasteiger partial charge >= 0.3 is 0 Å². The summed E-state index contributed by atoms with van der Waals surface area (Å²) >= 11 is 5.89. The van der Waals surface area contributed by atoms with Gasteiger partial charge in [-0.2, -0.15) is 0 Å². The Bertz CT molecular complexity index is 714. The van der Waals surface area contributed by atoms with Gasteiger partial charge < -0.3 is 0 Å². The van der Waals surface area contributed by atoms with Crippen LogP contribution in [0.3, 0.4) is 0 Å². The summed E-state index contributed by atoms with van der Waals surface area (Å²) in [6, 6.07) is 8.35. The number of rotatable bonds is 3. The highest BCUT2D eigenvalue weighted by atomic mass is 35.5. The molecule has 0 unspecified atom stereocenters. The van der Waals surface area contributed by atoms with E-state index in [1.165, 1.54) is 6.20 Å². The maximum Gasteiger partial charge on any atom is 0.263 e. The SMILES string of the molecule is Cc1ccc(S(=O)(=O)Nc2ncccc2Cl)c(C)c1. The van der Waals surface area contributed by atoms with Crippen LogP contribution in [0.4, 0.5) is 5.82 Å². The molecule has 0 aliphatic heterocycles. The number of nitrogens with zero attached hydrogens (tertiary/aromatic N) is 1. The lowest BCUT2D eigenvalue weighted by Crippen LogP contribution is -2.15. The number of pyridine rings is 1. The lowest BCUT2D eigenvalue weighted by atomic mass is 10.2. The fourth-order valence-corrected chi connectivity index (χ4v) is 3.23. The normalized spacial score (nSPS) is 11.3. The summed E-state index contributed by atoms with van der Waals surface area (Å²) in [5.74, 6) is 0.129. The molecule has 1 heterocycles. The van der Waals surface area contributed by atoms with Crippen LogP contribution in [0.25, 0.3) is 0 Å². The summed E-state index contributed by atoms with van der Waals surface area (Å²) in [6.07, 6.45) is 1.48. The van der Waals surface area contributed by atoms with Crippen molar-refractivity contribution in [3.63, 3.8) is 0 Å². The van der Waals surface area contributed by atoms with Crippen LogP contribution >= 0.6 is 11.6 Å². The standard InChI is InChI=1S/C13H13ClN2O2S/c1-9-5-6-12(10(2)8-9)19(17,18)16-13-11(14)4-3-7-15-13/h3-8H,1-2H3,(H,15,16). The van der Waals surface area contributed by atoms with E-state index in [2.05, 4.69) is 9.71 Å². The Labute approximate surface area is 117 Å². The second kappa shape index (κ2) is 5.19. The molecule has 0 spiro atoms. The second-order valence-electron chi connectivity index (χ2n) is 4.21. The minimum Gasteiger partial charge on any atom is -0.262 e. The van der Waals surface area contributed by atoms with E-state index in [1.54, 1.807) is 31.2 Å². The predicted molar refractivity (Wildman–Crippen MR) is 76.0 cm³/mol. The van der Waals surface area contributed by atoms with Gasteiger partial charge in [0.15, 0.2) is 5.82 Å². The summed E-state index contributed by atoms with van der Waals surface area (Å²) in [5.41, 5.74) is 1.69. The van der Waals surface area contributed by atoms with Crippen molar-refractivity contribution in [2.45, 2.75) is 18.7 Å². The van der Waals surface area contributed by atoms with Gasteiger partial charge in [0.1, 0.15) is 0 Å². The molecule has 0 saturated carbocycles. The number of aromatic nitrogens is 1. The van der Waals surface area contributed by atoms with Gasteiger partial charge in [0, 0.05) is 6.20 Å². The van der Waals surface area contributed by atoms with E-state index in [-0.39, 0.29) is 15.7 Å². The van der Waals surface area contributed by atoms with Crippen LogP contribution in [0.2, 0.25) is 5.02 Å². The fourth-order valence-electron chi connectivity index (χ4n) is 1.74. The fraction of sp³-hybridized carbons (Fsp3) is 0.154. The zero-order valence-electron chi connectivity index (χ0n) is 10.5. The Hall–Kier alpha value is -1.59. The molecule has 0 fully saturated rings. The number of nitrogens with one attached hydrogen (secondary N) is 1. The highest BCUT2D eigenvalue weighted by Gasteiger charge is 2.18. The van der Waals surface area contributed by atoms with Gasteiger partial charge in [0.2, 0.25) is 0 Å². The molecule has 0 amide bonds. The highest BCUT2D eigenvalue weighted by Crippen LogP contribution is 2.23. The number of halogens is 1. The van der Waals surface area contributed by atoms with Crippen molar-refractivity contribution >= 4 is 27.4 Å². The van der Waals surface area contributed by atoms with Crippen molar-refractivity contribution in [1.29, 1.82) is 0 Å². The van der Waals surface area contributed by atoms with E-state index in [1.807, 2.05) is 13.0 Å². The second-order valence-corrected chi connectivity index (χ2v) is 6.27. The third-order valence-corrected chi connectivity index (χ3v) is 4.41. The number of sulfonamides is 1. The lowest BCUT2D eigenvalue weighted by Gasteiger charge is -2.11. The average Bonchev–Trinajstić information content (AvgIpc) is 2.31. The molecule has 1 aromatic heterocycles. The van der Waals surface area contributed by atoms with Crippen molar-refractivity contribution in [2.75, 3.05) is 4.72 Å². The van der Waals surface area contributed by atoms with E-state index in [0.717, 1.165) is 5.56 Å². The van der Waals surface area contributed by atoms with Crippen molar-refractivity contribution in [3.05, 3.63) is 52.7 Å². The Balaban J connectivity index is 2.41. The summed E-state index contributed by atoms with van der Waals surface area (Å²) in [4.78, 5) is 4.14. The van der Waals surface area contributed by atoms with Crippen LogP contribution in [0, 0.1) is 13.8 Å². The molecule has 100 valence electrons. The van der Waals surface area contributed by atoms with Crippen LogP contribution < -0.4 is 4.72 Å². The van der Waals surface area contributed by atoms with Gasteiger partial charge in [-0.25, -0.2) is 13.4 Å². The molecule has 0 aliphatic rings. The molecule has 6 heteroatoms. The van der Waals surface area contributed by atoms with Gasteiger partial charge in [0.05, 0.1) is 9.92 Å². The molecule has 4 nitrogen and oxygen atoms in total. The number of aryl methyl sites for hydroxylation is 2. The first kappa shape index (κ1) is 13.8. The predicted octanol–water partition coefficient (Wildman–Crippen LogP) is 3.15. The number of anilines is 1. The van der Waals surface area contributed by atoms with Crippen molar-refractivity contribution in [2.24, 2.45) is 0 Å². The number of hydrogen-bond acceptors (Lipinski definition) is 3. The van der Waals surface area contributed by atoms with Crippen LogP contribution in [-0.2, 0) is 10.0 Å². The molecule has 0 bridgehead atoms. The summed E-state index contributed by atoms with van der Waals surface area (Å²) in [5, 5.41) is 0.260. The first-order valence-corrected chi connectivity index (χ1v) is 7.47. The minimum absolute atomic E-state index is 0.129. The number of benzene rings is 1. The van der Waals surface area contributed by atoms with Gasteiger partial charge in [-0.1, -0.05) is 29.3 Å². The van der Waals surface area contributed by atoms with Gasteiger partial charge in [-0.3, -0.25) is 4.72 Å². The molecule has 2 aromatic rings. The van der Waals surface area contributed by atoms with E-state index in [9.17, 15) is 8.42 Å². The Morgan fingerprint density at radius 2 is 1.95 bits per heavy atom. The van der Waals surface area contributed by atoms with E-state index in [4.69, 9.17) is 11.6 Å². The molecule has 19 heavy (non-hydrogen) atoms. The molecule has 1 N–H and O–H groups in total. The maximum atomic E-state index is 12.3. The summed E-state index contributed by atoms with van der Waals surface area (Å²) in [6.45, 7) is 3.66. The van der Waals surface area contributed by atoms with Gasteiger partial charge in [0.25, 0.3) is 10.0 Å². The molecule has 0 radical (unpaired) electrons. The first-order valence-electron chi connectivity index (χ1n) is 5.61. The molecule has 2 rings (SSSR count). The van der Waals surface area contributed by atoms with E-state index < -0.39 is 10.0 Å². The first-order chi connectivity index (χ1) is 8.90. The third kappa shape index (κ3) is 3.05. The molecule has 1 aromatic carbocycles. The van der Waals surface area contributed by atoms with E-state index >= 15 is 0 Å². The van der Waals surface area contributed by atoms with Crippen LogP contribution in [0.1, 0.15) is 11.1 Å². The van der Waals surface area contributed by atoms with Crippen molar-refractivity contribution < 1.29 is 8.42 Å². The van der Waals surface area contributed by atoms with Crippen molar-refractivity contribution in [1.82, 2.24) is 4.98 Å². The Morgan fingerprint density at radius 3 is 2.58 bits per heavy atom. The monoisotopic (exact) mass is 296 g/mol. The summed E-state index contributed by atoms with van der Waals surface area (Å²) < 4.78 is 26.9. The van der Waals surface area contributed by atoms with Crippen molar-refractivity contribution in [3.8, 4) is 0 Å². The highest BCUT2D eigenvalue weighted by molar-refractivity contribution is 7.92. The molecule has 0 saturated heterocycles. The zero-order valence-corrected chi connectivity index (χ0v) is 12.1. The largest absolute Gasteiger partial charge is 0.263 e. The lowest BCUT2D eigenvalue weighted by molar-refractivity contribution is 0.600. The Kier molecular flexibility index (Phi) is 3.78. The zero-order chi connectivity index (χ0) is 14.0. The van der Waals surface area contributed by atoms with E-state index in [0.29, 0.717) is 5.56 Å². The van der Waals surface area contributed by atoms with Crippen LogP contribution in [0.15, 0.2) is 41.4 Å². The summed E-state index contributed by atoms with van der Waals surface area (Å²) in [7, 11) is -3.68.